The molecule has 8 heterocycles. The molecule has 0 fully saturated rings. The summed E-state index contributed by atoms with van der Waals surface area (Å²) in [4.78, 5) is 12.5. The van der Waals surface area contributed by atoms with Crippen molar-refractivity contribution >= 4 is 132 Å². The van der Waals surface area contributed by atoms with Crippen LogP contribution in [-0.2, 0) is 0 Å². The molecule has 0 bridgehead atoms. The minimum atomic E-state index is 0.858. The normalized spacial score (nSPS) is 11.5. The molecule has 0 saturated carbocycles. The minimum Gasteiger partial charge on any atom is -0.455 e. The van der Waals surface area contributed by atoms with Crippen molar-refractivity contribution in [3.8, 4) is 62.7 Å². The van der Waals surface area contributed by atoms with Gasteiger partial charge in [0.05, 0.1) is 9.75 Å². The van der Waals surface area contributed by atoms with Gasteiger partial charge in [-0.05, 0) is 114 Å². The second kappa shape index (κ2) is 14.1. The van der Waals surface area contributed by atoms with Gasteiger partial charge in [0, 0.05) is 91.9 Å². The van der Waals surface area contributed by atoms with Crippen molar-refractivity contribution in [1.29, 1.82) is 0 Å². The van der Waals surface area contributed by atoms with Crippen LogP contribution in [0.15, 0.2) is 149 Å². The Morgan fingerprint density at radius 3 is 1.45 bits per heavy atom. The van der Waals surface area contributed by atoms with Crippen LogP contribution in [0.25, 0.3) is 91.9 Å². The highest BCUT2D eigenvalue weighted by atomic mass is 32.1. The van der Waals surface area contributed by atoms with E-state index in [-0.39, 0.29) is 0 Å². The Hall–Kier alpha value is -5.52. The average molecular weight is 865 g/mol. The van der Waals surface area contributed by atoms with E-state index in [9.17, 15) is 0 Å². The number of thiophene rings is 7. The molecule has 0 spiro atoms. The Bertz CT molecular complexity index is 3400. The lowest BCUT2D eigenvalue weighted by Gasteiger charge is -2.01. The van der Waals surface area contributed by atoms with Gasteiger partial charge in [-0.3, -0.25) is 0 Å². The first kappa shape index (κ1) is 34.5. The molecule has 4 aromatic carbocycles. The molecule has 8 aromatic heterocycles. The summed E-state index contributed by atoms with van der Waals surface area (Å²) in [7, 11) is 0. The largest absolute Gasteiger partial charge is 0.455 e. The molecule has 272 valence electrons. The first-order valence-corrected chi connectivity index (χ1v) is 24.3. The molecule has 0 aliphatic heterocycles. The molecule has 0 aliphatic carbocycles. The fourth-order valence-electron chi connectivity index (χ4n) is 7.41. The van der Waals surface area contributed by atoms with Crippen LogP contribution < -0.4 is 0 Å². The SMILES string of the molecule is C(#Cc1ccc(-c2ccc(-c3cccs3)s2)s1)c1ccc2c(c1)oc1c2ccc2c1ccc1c3ccc(C#Cc4ccc(-c5ccc(-c6cccs6)s5)s4)cc3sc12. The lowest BCUT2D eigenvalue weighted by molar-refractivity contribution is 0.672. The fourth-order valence-corrected chi connectivity index (χ4v) is 14.3. The van der Waals surface area contributed by atoms with E-state index in [1.807, 2.05) is 34.0 Å². The highest BCUT2D eigenvalue weighted by molar-refractivity contribution is 7.27. The van der Waals surface area contributed by atoms with Crippen molar-refractivity contribution in [2.45, 2.75) is 0 Å². The van der Waals surface area contributed by atoms with E-state index in [0.717, 1.165) is 48.2 Å². The van der Waals surface area contributed by atoms with Crippen LogP contribution in [0.2, 0.25) is 0 Å². The highest BCUT2D eigenvalue weighted by Crippen LogP contribution is 2.44. The quantitative estimate of drug-likeness (QED) is 0.161. The summed E-state index contributed by atoms with van der Waals surface area (Å²) in [5, 5.41) is 11.4. The van der Waals surface area contributed by atoms with Gasteiger partial charge in [0.25, 0.3) is 0 Å². The number of rotatable bonds is 4. The number of furan rings is 1. The highest BCUT2D eigenvalue weighted by Gasteiger charge is 2.16. The third kappa shape index (κ3) is 6.09. The molecule has 0 atom stereocenters. The molecule has 0 radical (unpaired) electrons. The molecule has 12 aromatic rings. The summed E-state index contributed by atoms with van der Waals surface area (Å²) in [5.41, 5.74) is 3.75. The zero-order valence-electron chi connectivity index (χ0n) is 30.1. The molecular formula is C50H24OS7. The van der Waals surface area contributed by atoms with Crippen LogP contribution in [0, 0.1) is 23.7 Å². The Morgan fingerprint density at radius 1 is 0.362 bits per heavy atom. The smallest absolute Gasteiger partial charge is 0.143 e. The van der Waals surface area contributed by atoms with Crippen LogP contribution in [0.1, 0.15) is 20.9 Å². The van der Waals surface area contributed by atoms with E-state index in [1.165, 1.54) is 64.6 Å². The van der Waals surface area contributed by atoms with Crippen LogP contribution in [0.3, 0.4) is 0 Å². The maximum atomic E-state index is 6.64. The summed E-state index contributed by atoms with van der Waals surface area (Å²) >= 11 is 12.6. The lowest BCUT2D eigenvalue weighted by Crippen LogP contribution is -1.76. The van der Waals surface area contributed by atoms with Crippen molar-refractivity contribution < 1.29 is 4.42 Å². The zero-order valence-corrected chi connectivity index (χ0v) is 35.8. The van der Waals surface area contributed by atoms with E-state index in [1.54, 1.807) is 45.3 Å². The molecule has 58 heavy (non-hydrogen) atoms. The van der Waals surface area contributed by atoms with Gasteiger partial charge in [-0.15, -0.1) is 79.4 Å². The Morgan fingerprint density at radius 2 is 0.845 bits per heavy atom. The van der Waals surface area contributed by atoms with Gasteiger partial charge in [-0.1, -0.05) is 54.0 Å². The van der Waals surface area contributed by atoms with Crippen molar-refractivity contribution in [3.05, 3.63) is 165 Å². The zero-order chi connectivity index (χ0) is 38.2. The maximum absolute atomic E-state index is 6.64. The van der Waals surface area contributed by atoms with Crippen molar-refractivity contribution in [2.75, 3.05) is 0 Å². The summed E-state index contributed by atoms with van der Waals surface area (Å²) in [6.45, 7) is 0. The summed E-state index contributed by atoms with van der Waals surface area (Å²) in [5.74, 6) is 13.7. The molecule has 1 nitrogen and oxygen atoms in total. The first-order chi connectivity index (χ1) is 28.7. The van der Waals surface area contributed by atoms with E-state index in [4.69, 9.17) is 4.42 Å². The van der Waals surface area contributed by atoms with Gasteiger partial charge in [-0.25, -0.2) is 0 Å². The number of hydrogen-bond donors (Lipinski definition) is 0. The van der Waals surface area contributed by atoms with E-state index in [0.29, 0.717) is 0 Å². The van der Waals surface area contributed by atoms with Crippen molar-refractivity contribution in [3.63, 3.8) is 0 Å². The lowest BCUT2D eigenvalue weighted by atomic mass is 10.0. The Balaban J connectivity index is 0.822. The number of benzene rings is 4. The van der Waals surface area contributed by atoms with Crippen molar-refractivity contribution in [2.24, 2.45) is 0 Å². The topological polar surface area (TPSA) is 13.1 Å². The van der Waals surface area contributed by atoms with Gasteiger partial charge < -0.3 is 4.42 Å². The fraction of sp³-hybridized carbons (Fsp3) is 0. The molecular weight excluding hydrogens is 841 g/mol. The van der Waals surface area contributed by atoms with Crippen LogP contribution in [0.5, 0.6) is 0 Å². The second-order valence-electron chi connectivity index (χ2n) is 13.7. The Labute approximate surface area is 361 Å². The maximum Gasteiger partial charge on any atom is 0.143 e. The number of hydrogen-bond acceptors (Lipinski definition) is 8. The Kier molecular flexibility index (Phi) is 8.39. The van der Waals surface area contributed by atoms with E-state index >= 15 is 0 Å². The van der Waals surface area contributed by atoms with E-state index < -0.39 is 0 Å². The molecule has 8 heteroatoms. The van der Waals surface area contributed by atoms with Gasteiger partial charge in [-0.2, -0.15) is 0 Å². The monoisotopic (exact) mass is 864 g/mol. The number of fused-ring (bicyclic) bond motifs is 9. The minimum absolute atomic E-state index is 0.858. The average Bonchev–Trinajstić information content (AvgIpc) is 4.11. The molecule has 0 amide bonds. The predicted molar refractivity (Wildman–Crippen MR) is 258 cm³/mol. The molecule has 0 aliphatic rings. The van der Waals surface area contributed by atoms with Gasteiger partial charge in [0.15, 0.2) is 0 Å². The molecule has 0 N–H and O–H groups in total. The summed E-state index contributed by atoms with van der Waals surface area (Å²) in [6.07, 6.45) is 0. The third-order valence-corrected chi connectivity index (χ3v) is 18.1. The van der Waals surface area contributed by atoms with Crippen LogP contribution >= 0.6 is 79.4 Å². The summed E-state index contributed by atoms with van der Waals surface area (Å²) < 4.78 is 9.15. The van der Waals surface area contributed by atoms with Gasteiger partial charge >= 0.3 is 0 Å². The molecule has 0 unspecified atom stereocenters. The predicted octanol–water partition coefficient (Wildman–Crippen LogP) is 16.9. The van der Waals surface area contributed by atoms with Gasteiger partial charge in [0.2, 0.25) is 0 Å². The van der Waals surface area contributed by atoms with Crippen LogP contribution in [-0.4, -0.2) is 0 Å². The first-order valence-electron chi connectivity index (χ1n) is 18.4. The van der Waals surface area contributed by atoms with E-state index in [2.05, 4.69) is 168 Å². The second-order valence-corrected chi connectivity index (χ2v) is 21.0. The standard InChI is InChI=1S/C50H24OS7/c1-3-40(52-25-1)42-21-23-46(56-42)44-19-11-31(54-44)9-5-29-7-13-33-35-15-18-38-36(49(35)51-39(33)27-29)16-17-37-34-14-8-30(28-48(34)58-50(37)38)6-10-32-12-20-45(55-32)47-24-22-43(57-47)41-4-2-26-53-41/h1-4,7-8,11-28H. The van der Waals surface area contributed by atoms with Gasteiger partial charge in [0.1, 0.15) is 11.2 Å². The molecule has 0 saturated heterocycles. The third-order valence-electron chi connectivity index (χ3n) is 10.2. The van der Waals surface area contributed by atoms with Crippen LogP contribution in [0.4, 0.5) is 0 Å². The summed E-state index contributed by atoms with van der Waals surface area (Å²) in [6, 6.07) is 48.0. The van der Waals surface area contributed by atoms with Crippen molar-refractivity contribution in [1.82, 2.24) is 0 Å². The molecule has 12 rings (SSSR count).